The van der Waals surface area contributed by atoms with E-state index in [-0.39, 0.29) is 0 Å². The first-order chi connectivity index (χ1) is 9.19. The number of nitrogens with one attached hydrogen (secondary N) is 1. The Morgan fingerprint density at radius 2 is 1.84 bits per heavy atom. The third-order valence-electron chi connectivity index (χ3n) is 2.60. The summed E-state index contributed by atoms with van der Waals surface area (Å²) in [7, 11) is 0. The molecule has 0 bridgehead atoms. The van der Waals surface area contributed by atoms with Gasteiger partial charge in [-0.3, -0.25) is 0 Å². The summed E-state index contributed by atoms with van der Waals surface area (Å²) in [6.45, 7) is 3.97. The number of nitrogens with zero attached hydrogens (tertiary/aromatic N) is 3. The summed E-state index contributed by atoms with van der Waals surface area (Å²) in [6.07, 6.45) is 5.71. The Kier molecular flexibility index (Phi) is 4.52. The highest BCUT2D eigenvalue weighted by Gasteiger charge is 2.01. The van der Waals surface area contributed by atoms with Crippen molar-refractivity contribution in [1.29, 1.82) is 0 Å². The van der Waals surface area contributed by atoms with Crippen molar-refractivity contribution in [3.05, 3.63) is 47.4 Å². The first kappa shape index (κ1) is 13.5. The van der Waals surface area contributed by atoms with Crippen LogP contribution in [-0.2, 0) is 0 Å². The molecule has 1 heterocycles. The highest BCUT2D eigenvalue weighted by Crippen LogP contribution is 2.12. The van der Waals surface area contributed by atoms with Gasteiger partial charge in [0.15, 0.2) is 0 Å². The molecule has 0 radical (unpaired) electrons. The summed E-state index contributed by atoms with van der Waals surface area (Å²) in [5, 5.41) is 11.9. The van der Waals surface area contributed by atoms with Crippen LogP contribution in [0.2, 0.25) is 0 Å². The monoisotopic (exact) mass is 272 g/mol. The molecule has 0 fully saturated rings. The molecule has 2 aromatic rings. The van der Waals surface area contributed by atoms with Crippen LogP contribution in [0.25, 0.3) is 6.08 Å². The van der Waals surface area contributed by atoms with Crippen molar-refractivity contribution in [2.45, 2.75) is 19.0 Å². The molecular formula is C14H16N4S. The largest absolute Gasteiger partial charge is 0.362 e. The lowest BCUT2D eigenvalue weighted by Crippen LogP contribution is -1.98. The Hall–Kier alpha value is -1.88. The van der Waals surface area contributed by atoms with Crippen LogP contribution >= 0.6 is 11.8 Å². The Bertz CT molecular complexity index is 578. The molecule has 2 rings (SSSR count). The topological polar surface area (TPSA) is 50.7 Å². The van der Waals surface area contributed by atoms with Crippen LogP contribution in [0.15, 0.2) is 35.6 Å². The Labute approximate surface area is 117 Å². The molecule has 98 valence electrons. The minimum atomic E-state index is 0.681. The number of hydrogen-bond acceptors (Lipinski definition) is 5. The van der Waals surface area contributed by atoms with Gasteiger partial charge >= 0.3 is 0 Å². The molecule has 0 aliphatic rings. The summed E-state index contributed by atoms with van der Waals surface area (Å²) in [4.78, 5) is 4.40. The van der Waals surface area contributed by atoms with E-state index in [9.17, 15) is 0 Å². The van der Waals surface area contributed by atoms with Gasteiger partial charge in [0.1, 0.15) is 0 Å². The number of thioether (sulfide) groups is 1. The Morgan fingerprint density at radius 3 is 2.53 bits per heavy atom. The molecular weight excluding hydrogens is 256 g/mol. The van der Waals surface area contributed by atoms with Crippen molar-refractivity contribution in [1.82, 2.24) is 15.2 Å². The second-order valence-corrected chi connectivity index (χ2v) is 4.89. The standard InChI is InChI=1S/C14H16N4S/c1-10-4-6-12(7-5-10)15-9-8-13-11(2)17-18-14(16-13)19-3/h4-9,15H,1-3H3. The van der Waals surface area contributed by atoms with Crippen LogP contribution in [0.1, 0.15) is 17.0 Å². The predicted octanol–water partition coefficient (Wildman–Crippen LogP) is 3.29. The lowest BCUT2D eigenvalue weighted by molar-refractivity contribution is 0.807. The van der Waals surface area contributed by atoms with Gasteiger partial charge in [-0.1, -0.05) is 29.5 Å². The van der Waals surface area contributed by atoms with E-state index in [2.05, 4.69) is 39.6 Å². The first-order valence-corrected chi connectivity index (χ1v) is 7.16. The van der Waals surface area contributed by atoms with Gasteiger partial charge in [-0.15, -0.1) is 5.10 Å². The molecule has 0 atom stereocenters. The maximum Gasteiger partial charge on any atom is 0.209 e. The number of hydrogen-bond donors (Lipinski definition) is 1. The van der Waals surface area contributed by atoms with E-state index in [4.69, 9.17) is 0 Å². The quantitative estimate of drug-likeness (QED) is 0.865. The third-order valence-corrected chi connectivity index (χ3v) is 3.14. The molecule has 0 aliphatic heterocycles. The average Bonchev–Trinajstić information content (AvgIpc) is 2.43. The highest BCUT2D eigenvalue weighted by atomic mass is 32.2. The van der Waals surface area contributed by atoms with Gasteiger partial charge in [0.2, 0.25) is 5.16 Å². The third kappa shape index (κ3) is 3.79. The zero-order valence-electron chi connectivity index (χ0n) is 11.2. The fourth-order valence-corrected chi connectivity index (χ4v) is 1.80. The zero-order valence-corrected chi connectivity index (χ0v) is 12.0. The molecule has 0 saturated carbocycles. The molecule has 1 aromatic heterocycles. The van der Waals surface area contributed by atoms with Crippen LogP contribution in [0.4, 0.5) is 5.69 Å². The van der Waals surface area contributed by atoms with E-state index in [1.165, 1.54) is 17.3 Å². The van der Waals surface area contributed by atoms with Gasteiger partial charge in [-0.2, -0.15) is 5.10 Å². The summed E-state index contributed by atoms with van der Waals surface area (Å²) < 4.78 is 0. The Morgan fingerprint density at radius 1 is 1.11 bits per heavy atom. The molecule has 0 saturated heterocycles. The van der Waals surface area contributed by atoms with Crippen LogP contribution in [-0.4, -0.2) is 21.4 Å². The molecule has 1 aromatic carbocycles. The van der Waals surface area contributed by atoms with E-state index in [0.717, 1.165) is 17.1 Å². The Balaban J connectivity index is 2.08. The van der Waals surface area contributed by atoms with Gasteiger partial charge in [0.05, 0.1) is 11.4 Å². The normalized spacial score (nSPS) is 10.9. The molecule has 5 heteroatoms. The number of rotatable bonds is 4. The van der Waals surface area contributed by atoms with Gasteiger partial charge in [-0.25, -0.2) is 4.98 Å². The van der Waals surface area contributed by atoms with Gasteiger partial charge < -0.3 is 5.32 Å². The van der Waals surface area contributed by atoms with Crippen LogP contribution in [0.3, 0.4) is 0 Å². The van der Waals surface area contributed by atoms with Crippen molar-refractivity contribution >= 4 is 23.5 Å². The van der Waals surface area contributed by atoms with E-state index in [1.807, 2.05) is 37.6 Å². The second-order valence-electron chi connectivity index (χ2n) is 4.11. The second kappa shape index (κ2) is 6.33. The van der Waals surface area contributed by atoms with Crippen LogP contribution in [0, 0.1) is 13.8 Å². The van der Waals surface area contributed by atoms with Crippen molar-refractivity contribution in [2.24, 2.45) is 0 Å². The average molecular weight is 272 g/mol. The van der Waals surface area contributed by atoms with Crippen LogP contribution in [0.5, 0.6) is 0 Å². The lowest BCUT2D eigenvalue weighted by Gasteiger charge is -2.02. The lowest BCUT2D eigenvalue weighted by atomic mass is 10.2. The highest BCUT2D eigenvalue weighted by molar-refractivity contribution is 7.98. The fourth-order valence-electron chi connectivity index (χ4n) is 1.49. The minimum Gasteiger partial charge on any atom is -0.362 e. The number of aryl methyl sites for hydroxylation is 2. The molecule has 1 N–H and O–H groups in total. The summed E-state index contributed by atoms with van der Waals surface area (Å²) in [5.41, 5.74) is 3.94. The zero-order chi connectivity index (χ0) is 13.7. The summed E-state index contributed by atoms with van der Waals surface area (Å²) >= 11 is 1.48. The van der Waals surface area contributed by atoms with Crippen molar-refractivity contribution in [3.8, 4) is 0 Å². The molecule has 4 nitrogen and oxygen atoms in total. The van der Waals surface area contributed by atoms with E-state index in [1.54, 1.807) is 0 Å². The van der Waals surface area contributed by atoms with Crippen molar-refractivity contribution < 1.29 is 0 Å². The molecule has 0 amide bonds. The van der Waals surface area contributed by atoms with Gasteiger partial charge in [0.25, 0.3) is 0 Å². The predicted molar refractivity (Wildman–Crippen MR) is 80.2 cm³/mol. The molecule has 0 spiro atoms. The summed E-state index contributed by atoms with van der Waals surface area (Å²) in [5.74, 6) is 0. The number of benzene rings is 1. The maximum absolute atomic E-state index is 4.40. The molecule has 19 heavy (non-hydrogen) atoms. The van der Waals surface area contributed by atoms with Gasteiger partial charge in [0, 0.05) is 11.9 Å². The number of anilines is 1. The van der Waals surface area contributed by atoms with Crippen molar-refractivity contribution in [3.63, 3.8) is 0 Å². The van der Waals surface area contributed by atoms with E-state index >= 15 is 0 Å². The van der Waals surface area contributed by atoms with E-state index < -0.39 is 0 Å². The fraction of sp³-hybridized carbons (Fsp3) is 0.214. The molecule has 0 aliphatic carbocycles. The summed E-state index contributed by atoms with van der Waals surface area (Å²) in [6, 6.07) is 8.22. The van der Waals surface area contributed by atoms with Crippen LogP contribution < -0.4 is 5.32 Å². The number of aromatic nitrogens is 3. The minimum absolute atomic E-state index is 0.681. The SMILES string of the molecule is CSc1nnc(C)c(C=CNc2ccc(C)cc2)n1. The van der Waals surface area contributed by atoms with Crippen molar-refractivity contribution in [2.75, 3.05) is 11.6 Å². The maximum atomic E-state index is 4.40. The van der Waals surface area contributed by atoms with E-state index in [0.29, 0.717) is 5.16 Å². The molecule has 0 unspecified atom stereocenters. The smallest absolute Gasteiger partial charge is 0.209 e. The van der Waals surface area contributed by atoms with Gasteiger partial charge in [-0.05, 0) is 38.3 Å². The first-order valence-electron chi connectivity index (χ1n) is 5.94.